The van der Waals surface area contributed by atoms with Crippen molar-refractivity contribution < 1.29 is 0 Å². The Morgan fingerprint density at radius 1 is 0.862 bits per heavy atom. The molecule has 1 aromatic carbocycles. The Labute approximate surface area is 183 Å². The summed E-state index contributed by atoms with van der Waals surface area (Å²) in [6.07, 6.45) is 5.66. The summed E-state index contributed by atoms with van der Waals surface area (Å²) >= 11 is 0. The van der Waals surface area contributed by atoms with Crippen LogP contribution >= 0.6 is 0 Å². The van der Waals surface area contributed by atoms with E-state index in [4.69, 9.17) is 0 Å². The van der Waals surface area contributed by atoms with Gasteiger partial charge in [0.2, 0.25) is 0 Å². The molecule has 2 heterocycles. The highest BCUT2D eigenvalue weighted by atomic mass is 15.3. The van der Waals surface area contributed by atoms with Gasteiger partial charge < -0.3 is 10.2 Å². The van der Waals surface area contributed by atoms with E-state index in [0.29, 0.717) is 11.5 Å². The van der Waals surface area contributed by atoms with Gasteiger partial charge in [-0.1, -0.05) is 79.3 Å². The fraction of sp³-hybridized carbons (Fsp3) is 0.769. The van der Waals surface area contributed by atoms with E-state index in [-0.39, 0.29) is 7.43 Å². The zero-order valence-electron chi connectivity index (χ0n) is 19.8. The van der Waals surface area contributed by atoms with Crippen LogP contribution in [0.3, 0.4) is 0 Å². The van der Waals surface area contributed by atoms with Crippen LogP contribution in [-0.4, -0.2) is 55.6 Å². The van der Waals surface area contributed by atoms with Gasteiger partial charge in [-0.05, 0) is 56.8 Å². The van der Waals surface area contributed by atoms with Crippen molar-refractivity contribution in [3.05, 3.63) is 35.9 Å². The van der Waals surface area contributed by atoms with Gasteiger partial charge in [-0.3, -0.25) is 4.90 Å². The minimum atomic E-state index is 0. The standard InChI is InChI=1S/C19H29N3.3C2H6.CH4/c1-21-11-12-22(18(15-21)16-5-3-2-4-6-16)17-13-19(14-17)7-9-20-10-8-19;3*1-2;/h2-6,17-18,20H,7-15H2,1H3;3*1-2H3;1H4. The number of hydrogen-bond donors (Lipinski definition) is 1. The Bertz CT molecular complexity index is 488. The van der Waals surface area contributed by atoms with E-state index in [9.17, 15) is 0 Å². The zero-order chi connectivity index (χ0) is 21.0. The fourth-order valence-electron chi connectivity index (χ4n) is 4.88. The van der Waals surface area contributed by atoms with Crippen molar-refractivity contribution in [2.24, 2.45) is 5.41 Å². The monoisotopic (exact) mass is 405 g/mol. The van der Waals surface area contributed by atoms with Gasteiger partial charge in [0.15, 0.2) is 0 Å². The molecule has 3 fully saturated rings. The third-order valence-corrected chi connectivity index (χ3v) is 6.28. The normalized spacial score (nSPS) is 23.6. The average Bonchev–Trinajstić information content (AvgIpc) is 2.77. The van der Waals surface area contributed by atoms with E-state index < -0.39 is 0 Å². The molecule has 3 heteroatoms. The summed E-state index contributed by atoms with van der Waals surface area (Å²) < 4.78 is 0. The van der Waals surface area contributed by atoms with Gasteiger partial charge in [0.05, 0.1) is 0 Å². The van der Waals surface area contributed by atoms with Crippen molar-refractivity contribution in [1.29, 1.82) is 0 Å². The van der Waals surface area contributed by atoms with Gasteiger partial charge in [0, 0.05) is 31.7 Å². The second-order valence-corrected chi connectivity index (χ2v) is 7.74. The first-order valence-corrected chi connectivity index (χ1v) is 12.0. The van der Waals surface area contributed by atoms with Crippen molar-refractivity contribution >= 4 is 0 Å². The van der Waals surface area contributed by atoms with Crippen LogP contribution < -0.4 is 5.32 Å². The molecule has 170 valence electrons. The van der Waals surface area contributed by atoms with Crippen LogP contribution in [0.1, 0.15) is 86.3 Å². The number of piperidine rings is 1. The maximum absolute atomic E-state index is 3.52. The third kappa shape index (κ3) is 7.38. The molecule has 29 heavy (non-hydrogen) atoms. The quantitative estimate of drug-likeness (QED) is 0.630. The Morgan fingerprint density at radius 3 is 1.97 bits per heavy atom. The topological polar surface area (TPSA) is 18.5 Å². The van der Waals surface area contributed by atoms with E-state index >= 15 is 0 Å². The molecule has 2 aliphatic heterocycles. The highest BCUT2D eigenvalue weighted by Gasteiger charge is 2.48. The van der Waals surface area contributed by atoms with Crippen molar-refractivity contribution in [2.45, 2.75) is 86.7 Å². The molecular formula is C26H51N3. The fourth-order valence-corrected chi connectivity index (χ4v) is 4.88. The predicted octanol–water partition coefficient (Wildman–Crippen LogP) is 6.22. The van der Waals surface area contributed by atoms with E-state index in [2.05, 4.69) is 52.5 Å². The van der Waals surface area contributed by atoms with E-state index in [0.717, 1.165) is 6.04 Å². The summed E-state index contributed by atoms with van der Waals surface area (Å²) in [7, 11) is 2.27. The van der Waals surface area contributed by atoms with Gasteiger partial charge in [0.25, 0.3) is 0 Å². The molecule has 0 aromatic heterocycles. The molecule has 0 radical (unpaired) electrons. The molecule has 3 nitrogen and oxygen atoms in total. The molecule has 1 saturated carbocycles. The van der Waals surface area contributed by atoms with E-state index in [1.807, 2.05) is 41.5 Å². The molecule has 3 aliphatic rings. The molecule has 4 rings (SSSR count). The second kappa shape index (κ2) is 15.0. The van der Waals surface area contributed by atoms with Crippen LogP contribution in [0.15, 0.2) is 30.3 Å². The smallest absolute Gasteiger partial charge is 0.0478 e. The number of benzene rings is 1. The lowest BCUT2D eigenvalue weighted by Gasteiger charge is -2.57. The number of nitrogens with zero attached hydrogens (tertiary/aromatic N) is 2. The lowest BCUT2D eigenvalue weighted by atomic mass is 9.60. The molecule has 0 bridgehead atoms. The van der Waals surface area contributed by atoms with Gasteiger partial charge in [-0.25, -0.2) is 0 Å². The Hall–Kier alpha value is -0.900. The zero-order valence-corrected chi connectivity index (χ0v) is 19.8. The van der Waals surface area contributed by atoms with Crippen LogP contribution in [0.4, 0.5) is 0 Å². The van der Waals surface area contributed by atoms with Crippen LogP contribution in [-0.2, 0) is 0 Å². The minimum Gasteiger partial charge on any atom is -0.317 e. The Kier molecular flexibility index (Phi) is 14.5. The van der Waals surface area contributed by atoms with Crippen LogP contribution in [0.5, 0.6) is 0 Å². The van der Waals surface area contributed by atoms with Gasteiger partial charge in [-0.15, -0.1) is 0 Å². The number of hydrogen-bond acceptors (Lipinski definition) is 3. The number of likely N-dealkylation sites (N-methyl/N-ethyl adjacent to an activating group) is 1. The Morgan fingerprint density at radius 2 is 1.41 bits per heavy atom. The van der Waals surface area contributed by atoms with Crippen LogP contribution in [0.2, 0.25) is 0 Å². The average molecular weight is 406 g/mol. The molecule has 1 aromatic rings. The van der Waals surface area contributed by atoms with Crippen molar-refractivity contribution in [1.82, 2.24) is 15.1 Å². The first-order valence-electron chi connectivity index (χ1n) is 12.0. The molecule has 1 atom stereocenters. The first-order chi connectivity index (χ1) is 13.8. The van der Waals surface area contributed by atoms with Gasteiger partial charge >= 0.3 is 0 Å². The number of rotatable bonds is 2. The summed E-state index contributed by atoms with van der Waals surface area (Å²) in [4.78, 5) is 5.32. The van der Waals surface area contributed by atoms with Gasteiger partial charge in [-0.2, -0.15) is 0 Å². The molecule has 1 aliphatic carbocycles. The molecule has 1 N–H and O–H groups in total. The van der Waals surface area contributed by atoms with Crippen LogP contribution in [0, 0.1) is 5.41 Å². The molecular weight excluding hydrogens is 354 g/mol. The maximum Gasteiger partial charge on any atom is 0.0478 e. The SMILES string of the molecule is C.CC.CC.CC.CN1CCN(C2CC3(CCNCC3)C2)C(c2ccccc2)C1. The molecule has 1 unspecified atom stereocenters. The number of nitrogens with one attached hydrogen (secondary N) is 1. The minimum absolute atomic E-state index is 0. The summed E-state index contributed by atoms with van der Waals surface area (Å²) in [5.41, 5.74) is 2.18. The predicted molar refractivity (Wildman–Crippen MR) is 132 cm³/mol. The summed E-state index contributed by atoms with van der Waals surface area (Å²) in [5, 5.41) is 3.52. The summed E-state index contributed by atoms with van der Waals surface area (Å²) in [6.45, 7) is 18.1. The number of piperazine rings is 1. The second-order valence-electron chi connectivity index (χ2n) is 7.74. The summed E-state index contributed by atoms with van der Waals surface area (Å²) in [6, 6.07) is 12.6. The highest BCUT2D eigenvalue weighted by Crippen LogP contribution is 2.51. The lowest BCUT2D eigenvalue weighted by Crippen LogP contribution is -2.59. The van der Waals surface area contributed by atoms with Gasteiger partial charge in [0.1, 0.15) is 0 Å². The maximum atomic E-state index is 3.52. The third-order valence-electron chi connectivity index (χ3n) is 6.28. The first kappa shape index (κ1) is 28.1. The van der Waals surface area contributed by atoms with Crippen molar-refractivity contribution in [3.8, 4) is 0 Å². The van der Waals surface area contributed by atoms with Crippen LogP contribution in [0.25, 0.3) is 0 Å². The largest absolute Gasteiger partial charge is 0.317 e. The van der Waals surface area contributed by atoms with Crippen molar-refractivity contribution in [2.75, 3.05) is 39.8 Å². The van der Waals surface area contributed by atoms with E-state index in [1.54, 1.807) is 0 Å². The van der Waals surface area contributed by atoms with Crippen molar-refractivity contribution in [3.63, 3.8) is 0 Å². The highest BCUT2D eigenvalue weighted by molar-refractivity contribution is 5.21. The lowest BCUT2D eigenvalue weighted by molar-refractivity contribution is -0.0606. The molecule has 2 saturated heterocycles. The summed E-state index contributed by atoms with van der Waals surface area (Å²) in [5.74, 6) is 0. The van der Waals surface area contributed by atoms with E-state index in [1.165, 1.54) is 64.0 Å². The molecule has 1 spiro atoms. The molecule has 0 amide bonds. The Balaban J connectivity index is 0.00000103.